The first-order chi connectivity index (χ1) is 9.62. The molecular formula is C12H16N4O2S2. The van der Waals surface area contributed by atoms with Crippen LogP contribution in [0.3, 0.4) is 0 Å². The molecule has 0 saturated heterocycles. The first kappa shape index (κ1) is 14.9. The van der Waals surface area contributed by atoms with Gasteiger partial charge in [0.15, 0.2) is 0 Å². The molecule has 2 aromatic rings. The van der Waals surface area contributed by atoms with E-state index in [-0.39, 0.29) is 11.4 Å². The largest absolute Gasteiger partial charge is 0.370 e. The highest BCUT2D eigenvalue weighted by Crippen LogP contribution is 2.13. The third kappa shape index (κ3) is 3.99. The Labute approximate surface area is 122 Å². The summed E-state index contributed by atoms with van der Waals surface area (Å²) in [5, 5.41) is 4.87. The van der Waals surface area contributed by atoms with Crippen LogP contribution in [0.1, 0.15) is 19.0 Å². The smallest absolute Gasteiger partial charge is 0.241 e. The van der Waals surface area contributed by atoms with Crippen molar-refractivity contribution in [3.63, 3.8) is 0 Å². The third-order valence-corrected chi connectivity index (χ3v) is 4.56. The molecular weight excluding hydrogens is 296 g/mol. The van der Waals surface area contributed by atoms with Gasteiger partial charge in [-0.3, -0.25) is 0 Å². The molecule has 0 aliphatic heterocycles. The molecule has 0 bridgehead atoms. The molecule has 0 aliphatic rings. The average Bonchev–Trinajstić information content (AvgIpc) is 2.97. The number of anilines is 1. The Morgan fingerprint density at radius 3 is 2.90 bits per heavy atom. The summed E-state index contributed by atoms with van der Waals surface area (Å²) in [5.74, 6) is 0.559. The molecule has 2 N–H and O–H groups in total. The van der Waals surface area contributed by atoms with Crippen LogP contribution in [0, 0.1) is 0 Å². The topological polar surface area (TPSA) is 84.0 Å². The fraction of sp³-hybridized carbons (Fsp3) is 0.333. The van der Waals surface area contributed by atoms with Crippen molar-refractivity contribution in [2.75, 3.05) is 11.9 Å². The van der Waals surface area contributed by atoms with Crippen LogP contribution in [0.2, 0.25) is 0 Å². The molecule has 108 valence electrons. The van der Waals surface area contributed by atoms with E-state index < -0.39 is 10.0 Å². The first-order valence-corrected chi connectivity index (χ1v) is 8.61. The van der Waals surface area contributed by atoms with Gasteiger partial charge in [0.25, 0.3) is 0 Å². The summed E-state index contributed by atoms with van der Waals surface area (Å²) in [6.07, 6.45) is 2.43. The molecule has 0 unspecified atom stereocenters. The monoisotopic (exact) mass is 312 g/mol. The number of nitrogens with zero attached hydrogens (tertiary/aromatic N) is 2. The van der Waals surface area contributed by atoms with E-state index in [1.165, 1.54) is 29.7 Å². The number of nitrogens with one attached hydrogen (secondary N) is 2. The highest BCUT2D eigenvalue weighted by molar-refractivity contribution is 7.89. The normalized spacial score (nSPS) is 11.4. The zero-order chi connectivity index (χ0) is 14.4. The van der Waals surface area contributed by atoms with Crippen LogP contribution < -0.4 is 10.0 Å². The van der Waals surface area contributed by atoms with E-state index in [1.807, 2.05) is 12.3 Å². The Morgan fingerprint density at radius 1 is 1.35 bits per heavy atom. The zero-order valence-corrected chi connectivity index (χ0v) is 12.7. The summed E-state index contributed by atoms with van der Waals surface area (Å²) >= 11 is 1.43. The van der Waals surface area contributed by atoms with Crippen molar-refractivity contribution in [2.24, 2.45) is 0 Å². The number of thiazole rings is 1. The molecule has 0 spiro atoms. The summed E-state index contributed by atoms with van der Waals surface area (Å²) in [6.45, 7) is 2.97. The highest BCUT2D eigenvalue weighted by atomic mass is 32.2. The molecule has 0 atom stereocenters. The van der Waals surface area contributed by atoms with Crippen LogP contribution >= 0.6 is 11.3 Å². The molecule has 0 aromatic carbocycles. The quantitative estimate of drug-likeness (QED) is 0.815. The van der Waals surface area contributed by atoms with Crippen molar-refractivity contribution >= 4 is 27.2 Å². The fourth-order valence-electron chi connectivity index (χ4n) is 1.51. The van der Waals surface area contributed by atoms with E-state index in [0.717, 1.165) is 13.0 Å². The minimum absolute atomic E-state index is 0.186. The highest BCUT2D eigenvalue weighted by Gasteiger charge is 2.14. The second kappa shape index (κ2) is 6.78. The zero-order valence-electron chi connectivity index (χ0n) is 11.0. The molecule has 0 radical (unpaired) electrons. The third-order valence-electron chi connectivity index (χ3n) is 2.52. The van der Waals surface area contributed by atoms with E-state index in [9.17, 15) is 8.42 Å². The Morgan fingerprint density at radius 2 is 2.20 bits per heavy atom. The van der Waals surface area contributed by atoms with Crippen molar-refractivity contribution in [2.45, 2.75) is 24.8 Å². The van der Waals surface area contributed by atoms with E-state index in [0.29, 0.717) is 11.5 Å². The van der Waals surface area contributed by atoms with Crippen LogP contribution in [0.5, 0.6) is 0 Å². The minimum atomic E-state index is -3.55. The second-order valence-corrected chi connectivity index (χ2v) is 6.59. The Bertz CT molecular complexity index is 641. The maximum atomic E-state index is 12.2. The molecule has 2 heterocycles. The van der Waals surface area contributed by atoms with Gasteiger partial charge in [0.05, 0.1) is 22.6 Å². The van der Waals surface area contributed by atoms with E-state index in [2.05, 4.69) is 20.0 Å². The molecule has 0 saturated carbocycles. The maximum absolute atomic E-state index is 12.2. The molecule has 8 heteroatoms. The number of hydrogen-bond acceptors (Lipinski definition) is 6. The Kier molecular flexibility index (Phi) is 5.05. The van der Waals surface area contributed by atoms with Crippen LogP contribution in [0.15, 0.2) is 34.1 Å². The first-order valence-electron chi connectivity index (χ1n) is 6.18. The molecule has 6 nitrogen and oxygen atoms in total. The van der Waals surface area contributed by atoms with Gasteiger partial charge in [0.1, 0.15) is 5.82 Å². The van der Waals surface area contributed by atoms with Gasteiger partial charge in [0.2, 0.25) is 10.0 Å². The van der Waals surface area contributed by atoms with E-state index >= 15 is 0 Å². The van der Waals surface area contributed by atoms with Crippen LogP contribution in [-0.2, 0) is 16.6 Å². The number of sulfonamides is 1. The maximum Gasteiger partial charge on any atom is 0.241 e. The SMILES string of the molecule is CCCNc1cc(S(=O)(=O)NCc2cscn2)ccn1. The Balaban J connectivity index is 2.08. The number of aromatic nitrogens is 2. The predicted molar refractivity (Wildman–Crippen MR) is 79.2 cm³/mol. The lowest BCUT2D eigenvalue weighted by atomic mass is 10.4. The second-order valence-electron chi connectivity index (χ2n) is 4.11. The number of pyridine rings is 1. The van der Waals surface area contributed by atoms with E-state index in [4.69, 9.17) is 0 Å². The lowest BCUT2D eigenvalue weighted by Gasteiger charge is -2.08. The van der Waals surface area contributed by atoms with Gasteiger partial charge in [0, 0.05) is 24.2 Å². The summed E-state index contributed by atoms with van der Waals surface area (Å²) < 4.78 is 26.8. The molecule has 0 aliphatic carbocycles. The van der Waals surface area contributed by atoms with Gasteiger partial charge in [-0.25, -0.2) is 23.1 Å². The van der Waals surface area contributed by atoms with Crippen molar-refractivity contribution in [1.29, 1.82) is 0 Å². The van der Waals surface area contributed by atoms with Gasteiger partial charge < -0.3 is 5.32 Å². The van der Waals surface area contributed by atoms with Crippen molar-refractivity contribution in [3.8, 4) is 0 Å². The summed E-state index contributed by atoms with van der Waals surface area (Å²) in [7, 11) is -3.55. The van der Waals surface area contributed by atoms with Gasteiger partial charge >= 0.3 is 0 Å². The summed E-state index contributed by atoms with van der Waals surface area (Å²) in [4.78, 5) is 8.32. The van der Waals surface area contributed by atoms with Crippen molar-refractivity contribution in [3.05, 3.63) is 34.9 Å². The number of rotatable bonds is 7. The molecule has 0 amide bonds. The lowest BCUT2D eigenvalue weighted by molar-refractivity contribution is 0.580. The molecule has 0 fully saturated rings. The Hall–Kier alpha value is -1.51. The van der Waals surface area contributed by atoms with Crippen LogP contribution in [-0.4, -0.2) is 24.9 Å². The standard InChI is InChI=1S/C12H16N4O2S2/c1-2-4-13-12-6-11(3-5-14-12)20(17,18)16-7-10-8-19-9-15-10/h3,5-6,8-9,16H,2,4,7H2,1H3,(H,13,14). The van der Waals surface area contributed by atoms with Crippen LogP contribution in [0.4, 0.5) is 5.82 Å². The van der Waals surface area contributed by atoms with Crippen molar-refractivity contribution < 1.29 is 8.42 Å². The molecule has 2 aromatic heterocycles. The van der Waals surface area contributed by atoms with E-state index in [1.54, 1.807) is 5.51 Å². The lowest BCUT2D eigenvalue weighted by Crippen LogP contribution is -2.23. The predicted octanol–water partition coefficient (Wildman–Crippen LogP) is 1.84. The van der Waals surface area contributed by atoms with Crippen LogP contribution in [0.25, 0.3) is 0 Å². The van der Waals surface area contributed by atoms with Gasteiger partial charge in [-0.2, -0.15) is 0 Å². The minimum Gasteiger partial charge on any atom is -0.370 e. The summed E-state index contributed by atoms with van der Waals surface area (Å²) in [5.41, 5.74) is 2.38. The van der Waals surface area contributed by atoms with Gasteiger partial charge in [-0.05, 0) is 12.5 Å². The average molecular weight is 312 g/mol. The van der Waals surface area contributed by atoms with Crippen molar-refractivity contribution in [1.82, 2.24) is 14.7 Å². The van der Waals surface area contributed by atoms with Gasteiger partial charge in [-0.1, -0.05) is 6.92 Å². The summed E-state index contributed by atoms with van der Waals surface area (Å²) in [6, 6.07) is 3.00. The van der Waals surface area contributed by atoms with Gasteiger partial charge in [-0.15, -0.1) is 11.3 Å². The number of hydrogen-bond donors (Lipinski definition) is 2. The fourth-order valence-corrected chi connectivity index (χ4v) is 3.07. The molecule has 20 heavy (non-hydrogen) atoms. The molecule has 2 rings (SSSR count).